The molecular formula is C18H26FN3O2. The maximum atomic E-state index is 13.8. The van der Waals surface area contributed by atoms with Crippen LogP contribution >= 0.6 is 0 Å². The van der Waals surface area contributed by atoms with Crippen LogP contribution in [-0.2, 0) is 9.59 Å². The Bertz CT molecular complexity index is 571. The van der Waals surface area contributed by atoms with E-state index in [-0.39, 0.29) is 23.5 Å². The molecule has 6 heteroatoms. The molecule has 0 radical (unpaired) electrons. The van der Waals surface area contributed by atoms with Gasteiger partial charge < -0.3 is 10.2 Å². The summed E-state index contributed by atoms with van der Waals surface area (Å²) >= 11 is 0. The molecule has 1 fully saturated rings. The Morgan fingerprint density at radius 2 is 1.88 bits per heavy atom. The molecule has 1 aromatic carbocycles. The lowest BCUT2D eigenvalue weighted by atomic mass is 9.96. The highest BCUT2D eigenvalue weighted by molar-refractivity contribution is 5.78. The first kappa shape index (κ1) is 18.4. The van der Waals surface area contributed by atoms with Crippen molar-refractivity contribution in [2.45, 2.75) is 26.2 Å². The smallest absolute Gasteiger partial charge is 0.234 e. The molecule has 132 valence electrons. The van der Waals surface area contributed by atoms with Gasteiger partial charge in [0.05, 0.1) is 6.54 Å². The van der Waals surface area contributed by atoms with Crippen LogP contribution in [0, 0.1) is 5.82 Å². The van der Waals surface area contributed by atoms with E-state index in [2.05, 4.69) is 10.2 Å². The number of nitrogens with one attached hydrogen (secondary N) is 1. The Hall–Kier alpha value is -1.95. The van der Waals surface area contributed by atoms with Crippen LogP contribution in [0.3, 0.4) is 0 Å². The number of rotatable bonds is 6. The van der Waals surface area contributed by atoms with Crippen LogP contribution in [0.1, 0.15) is 31.7 Å². The molecule has 2 amide bonds. The van der Waals surface area contributed by atoms with Crippen molar-refractivity contribution in [1.29, 1.82) is 0 Å². The lowest BCUT2D eigenvalue weighted by Crippen LogP contribution is -2.51. The number of likely N-dealkylation sites (N-methyl/N-ethyl adjacent to an activating group) is 1. The first-order chi connectivity index (χ1) is 11.5. The van der Waals surface area contributed by atoms with Crippen LogP contribution in [0.2, 0.25) is 0 Å². The van der Waals surface area contributed by atoms with Crippen molar-refractivity contribution < 1.29 is 14.0 Å². The zero-order chi connectivity index (χ0) is 17.5. The number of carbonyl (C=O) groups excluding carboxylic acids is 2. The van der Waals surface area contributed by atoms with Crippen molar-refractivity contribution in [2.24, 2.45) is 0 Å². The fourth-order valence-corrected chi connectivity index (χ4v) is 2.99. The summed E-state index contributed by atoms with van der Waals surface area (Å²) in [5, 5.41) is 2.78. The third-order valence-electron chi connectivity index (χ3n) is 4.38. The zero-order valence-electron chi connectivity index (χ0n) is 14.4. The predicted molar refractivity (Wildman–Crippen MR) is 91.1 cm³/mol. The van der Waals surface area contributed by atoms with Crippen LogP contribution in [-0.4, -0.2) is 60.9 Å². The standard InChI is InChI=1S/C18H26FN3O2/c1-3-20-17(23)13-21-8-10-22(11-9-21)18(24)12-14(2)15-6-4-5-7-16(15)19/h4-7,14H,3,8-13H2,1-2H3,(H,20,23). The van der Waals surface area contributed by atoms with Crippen molar-refractivity contribution in [2.75, 3.05) is 39.3 Å². The van der Waals surface area contributed by atoms with Crippen LogP contribution in [0.15, 0.2) is 24.3 Å². The van der Waals surface area contributed by atoms with E-state index in [1.54, 1.807) is 18.2 Å². The average molecular weight is 335 g/mol. The number of hydrogen-bond donors (Lipinski definition) is 1. The van der Waals surface area contributed by atoms with E-state index < -0.39 is 0 Å². The lowest BCUT2D eigenvalue weighted by Gasteiger charge is -2.34. The summed E-state index contributed by atoms with van der Waals surface area (Å²) in [4.78, 5) is 27.9. The van der Waals surface area contributed by atoms with Gasteiger partial charge >= 0.3 is 0 Å². The van der Waals surface area contributed by atoms with E-state index >= 15 is 0 Å². The molecule has 24 heavy (non-hydrogen) atoms. The molecule has 0 spiro atoms. The Kier molecular flexibility index (Phi) is 6.73. The Morgan fingerprint density at radius 3 is 2.50 bits per heavy atom. The van der Waals surface area contributed by atoms with Crippen LogP contribution in [0.25, 0.3) is 0 Å². The van der Waals surface area contributed by atoms with Gasteiger partial charge in [-0.15, -0.1) is 0 Å². The minimum absolute atomic E-state index is 0.0189. The molecule has 0 saturated carbocycles. The second-order valence-electron chi connectivity index (χ2n) is 6.24. The number of nitrogens with zero attached hydrogens (tertiary/aromatic N) is 2. The highest BCUT2D eigenvalue weighted by atomic mass is 19.1. The van der Waals surface area contributed by atoms with Crippen molar-refractivity contribution in [1.82, 2.24) is 15.1 Å². The molecule has 1 aliphatic heterocycles. The van der Waals surface area contributed by atoms with Gasteiger partial charge in [-0.2, -0.15) is 0 Å². The van der Waals surface area contributed by atoms with Crippen LogP contribution < -0.4 is 5.32 Å². The number of halogens is 1. The normalized spacial score (nSPS) is 16.7. The van der Waals surface area contributed by atoms with Crippen molar-refractivity contribution in [3.63, 3.8) is 0 Å². The average Bonchev–Trinajstić information content (AvgIpc) is 2.56. The molecule has 1 aliphatic rings. The number of carbonyl (C=O) groups is 2. The van der Waals surface area contributed by atoms with Crippen LogP contribution in [0.4, 0.5) is 4.39 Å². The molecule has 1 aromatic rings. The van der Waals surface area contributed by atoms with E-state index in [1.165, 1.54) is 6.07 Å². The lowest BCUT2D eigenvalue weighted by molar-refractivity contribution is -0.133. The maximum absolute atomic E-state index is 13.8. The highest BCUT2D eigenvalue weighted by Crippen LogP contribution is 2.23. The summed E-state index contributed by atoms with van der Waals surface area (Å²) in [6, 6.07) is 6.61. The first-order valence-electron chi connectivity index (χ1n) is 8.52. The minimum Gasteiger partial charge on any atom is -0.355 e. The van der Waals surface area contributed by atoms with Gasteiger partial charge in [0.25, 0.3) is 0 Å². The van der Waals surface area contributed by atoms with Gasteiger partial charge in [0, 0.05) is 39.1 Å². The largest absolute Gasteiger partial charge is 0.355 e. The van der Waals surface area contributed by atoms with Crippen LogP contribution in [0.5, 0.6) is 0 Å². The van der Waals surface area contributed by atoms with E-state index in [0.29, 0.717) is 51.3 Å². The van der Waals surface area contributed by atoms with Gasteiger partial charge in [-0.1, -0.05) is 25.1 Å². The first-order valence-corrected chi connectivity index (χ1v) is 8.52. The van der Waals surface area contributed by atoms with Gasteiger partial charge in [-0.3, -0.25) is 14.5 Å². The Balaban J connectivity index is 1.80. The molecule has 0 aromatic heterocycles. The van der Waals surface area contributed by atoms with Gasteiger partial charge in [-0.05, 0) is 24.5 Å². The molecule has 0 bridgehead atoms. The van der Waals surface area contributed by atoms with E-state index in [9.17, 15) is 14.0 Å². The van der Waals surface area contributed by atoms with Crippen molar-refractivity contribution in [3.05, 3.63) is 35.6 Å². The fourth-order valence-electron chi connectivity index (χ4n) is 2.99. The second kappa shape index (κ2) is 8.78. The van der Waals surface area contributed by atoms with Crippen molar-refractivity contribution >= 4 is 11.8 Å². The molecule has 0 aliphatic carbocycles. The number of amides is 2. The van der Waals surface area contributed by atoms with Gasteiger partial charge in [0.15, 0.2) is 0 Å². The SMILES string of the molecule is CCNC(=O)CN1CCN(C(=O)CC(C)c2ccccc2F)CC1. The van der Waals surface area contributed by atoms with Gasteiger partial charge in [0.2, 0.25) is 11.8 Å². The van der Waals surface area contributed by atoms with Crippen molar-refractivity contribution in [3.8, 4) is 0 Å². The molecule has 1 unspecified atom stereocenters. The summed E-state index contributed by atoms with van der Waals surface area (Å²) in [6.07, 6.45) is 0.303. The molecule has 1 saturated heterocycles. The summed E-state index contributed by atoms with van der Waals surface area (Å²) in [5.74, 6) is -0.342. The van der Waals surface area contributed by atoms with E-state index in [4.69, 9.17) is 0 Å². The van der Waals surface area contributed by atoms with Gasteiger partial charge in [0.1, 0.15) is 5.82 Å². The van der Waals surface area contributed by atoms with E-state index in [1.807, 2.05) is 18.7 Å². The molecule has 2 rings (SSSR count). The number of piperazine rings is 1. The summed E-state index contributed by atoms with van der Waals surface area (Å²) in [7, 11) is 0. The third kappa shape index (κ3) is 5.03. The fraction of sp³-hybridized carbons (Fsp3) is 0.556. The summed E-state index contributed by atoms with van der Waals surface area (Å²) < 4.78 is 13.8. The second-order valence-corrected chi connectivity index (χ2v) is 6.24. The number of hydrogen-bond acceptors (Lipinski definition) is 3. The molecular weight excluding hydrogens is 309 g/mol. The van der Waals surface area contributed by atoms with E-state index in [0.717, 1.165) is 0 Å². The topological polar surface area (TPSA) is 52.7 Å². The minimum atomic E-state index is -0.260. The molecule has 1 atom stereocenters. The Labute approximate surface area is 142 Å². The molecule has 1 heterocycles. The van der Waals surface area contributed by atoms with Gasteiger partial charge in [-0.25, -0.2) is 4.39 Å². The maximum Gasteiger partial charge on any atom is 0.234 e. The third-order valence-corrected chi connectivity index (χ3v) is 4.38. The monoisotopic (exact) mass is 335 g/mol. The number of benzene rings is 1. The zero-order valence-corrected chi connectivity index (χ0v) is 14.4. The predicted octanol–water partition coefficient (Wildman–Crippen LogP) is 1.60. The summed E-state index contributed by atoms with van der Waals surface area (Å²) in [5.41, 5.74) is 0.584. The quantitative estimate of drug-likeness (QED) is 0.859. The molecule has 5 nitrogen and oxygen atoms in total. The molecule has 1 N–H and O–H groups in total. The Morgan fingerprint density at radius 1 is 1.21 bits per heavy atom. The summed E-state index contributed by atoms with van der Waals surface area (Å²) in [6.45, 7) is 7.39. The highest BCUT2D eigenvalue weighted by Gasteiger charge is 2.24.